The molecular formula is C13H17F3N2O. The first-order valence-electron chi connectivity index (χ1n) is 6.00. The van der Waals surface area contributed by atoms with Crippen molar-refractivity contribution in [1.82, 2.24) is 5.32 Å². The highest BCUT2D eigenvalue weighted by Crippen LogP contribution is 2.31. The van der Waals surface area contributed by atoms with Gasteiger partial charge in [-0.05, 0) is 31.0 Å². The van der Waals surface area contributed by atoms with Gasteiger partial charge in [0.1, 0.15) is 0 Å². The normalized spacial score (nSPS) is 13.1. The molecule has 0 saturated carbocycles. The first-order valence-corrected chi connectivity index (χ1v) is 6.00. The predicted octanol–water partition coefficient (Wildman–Crippen LogP) is 2.42. The smallest absolute Gasteiger partial charge is 0.352 e. The molecule has 1 unspecified atom stereocenters. The van der Waals surface area contributed by atoms with Gasteiger partial charge in [0.05, 0.1) is 11.1 Å². The second-order valence-corrected chi connectivity index (χ2v) is 4.44. The maximum atomic E-state index is 12.7. The van der Waals surface area contributed by atoms with Crippen LogP contribution in [-0.4, -0.2) is 19.0 Å². The topological polar surface area (TPSA) is 55.1 Å². The number of nitrogens with one attached hydrogen (secondary N) is 1. The quantitative estimate of drug-likeness (QED) is 0.866. The van der Waals surface area contributed by atoms with Crippen LogP contribution in [0.2, 0.25) is 0 Å². The SMILES string of the molecule is CC(CCN)CNC(=O)c1ccccc1C(F)(F)F. The minimum atomic E-state index is -4.53. The van der Waals surface area contributed by atoms with Crippen LogP contribution in [0, 0.1) is 5.92 Å². The summed E-state index contributed by atoms with van der Waals surface area (Å²) in [5.41, 5.74) is 4.10. The molecule has 3 nitrogen and oxygen atoms in total. The average Bonchev–Trinajstić information content (AvgIpc) is 2.35. The first kappa shape index (κ1) is 15.5. The van der Waals surface area contributed by atoms with Crippen molar-refractivity contribution >= 4 is 5.91 Å². The molecule has 0 heterocycles. The molecule has 0 radical (unpaired) electrons. The van der Waals surface area contributed by atoms with Gasteiger partial charge in [0.15, 0.2) is 0 Å². The Morgan fingerprint density at radius 3 is 2.58 bits per heavy atom. The van der Waals surface area contributed by atoms with E-state index in [-0.39, 0.29) is 11.5 Å². The number of nitrogens with two attached hydrogens (primary N) is 1. The Labute approximate surface area is 110 Å². The molecule has 3 N–H and O–H groups in total. The summed E-state index contributed by atoms with van der Waals surface area (Å²) in [6.07, 6.45) is -3.82. The van der Waals surface area contributed by atoms with Crippen LogP contribution in [0.25, 0.3) is 0 Å². The van der Waals surface area contributed by atoms with Crippen LogP contribution in [0.3, 0.4) is 0 Å². The Hall–Kier alpha value is -1.56. The maximum absolute atomic E-state index is 12.7. The highest BCUT2D eigenvalue weighted by atomic mass is 19.4. The molecule has 0 aliphatic carbocycles. The van der Waals surface area contributed by atoms with Gasteiger partial charge in [-0.3, -0.25) is 4.79 Å². The summed E-state index contributed by atoms with van der Waals surface area (Å²) in [4.78, 5) is 11.8. The zero-order valence-corrected chi connectivity index (χ0v) is 10.6. The van der Waals surface area contributed by atoms with E-state index in [0.29, 0.717) is 19.5 Å². The van der Waals surface area contributed by atoms with Gasteiger partial charge in [0, 0.05) is 6.54 Å². The molecule has 6 heteroatoms. The van der Waals surface area contributed by atoms with Crippen LogP contribution in [0.5, 0.6) is 0 Å². The van der Waals surface area contributed by atoms with Crippen LogP contribution >= 0.6 is 0 Å². The molecule has 1 aromatic rings. The van der Waals surface area contributed by atoms with E-state index in [2.05, 4.69) is 5.32 Å². The van der Waals surface area contributed by atoms with Gasteiger partial charge < -0.3 is 11.1 Å². The Bertz CT molecular complexity index is 432. The van der Waals surface area contributed by atoms with Crippen molar-refractivity contribution < 1.29 is 18.0 Å². The van der Waals surface area contributed by atoms with Gasteiger partial charge in [-0.25, -0.2) is 0 Å². The van der Waals surface area contributed by atoms with Crippen molar-refractivity contribution in [3.8, 4) is 0 Å². The van der Waals surface area contributed by atoms with E-state index in [1.807, 2.05) is 6.92 Å². The molecule has 0 saturated heterocycles. The number of alkyl halides is 3. The van der Waals surface area contributed by atoms with Crippen LogP contribution in [0.4, 0.5) is 13.2 Å². The molecule has 0 aromatic heterocycles. The minimum absolute atomic E-state index is 0.131. The van der Waals surface area contributed by atoms with Gasteiger partial charge in [-0.1, -0.05) is 19.1 Å². The first-order chi connectivity index (χ1) is 8.86. The lowest BCUT2D eigenvalue weighted by atomic mass is 10.1. The van der Waals surface area contributed by atoms with Crippen molar-refractivity contribution in [3.05, 3.63) is 35.4 Å². The number of rotatable bonds is 5. The third-order valence-corrected chi connectivity index (χ3v) is 2.75. The van der Waals surface area contributed by atoms with Crippen LogP contribution in [-0.2, 0) is 6.18 Å². The van der Waals surface area contributed by atoms with Crippen molar-refractivity contribution in [3.63, 3.8) is 0 Å². The van der Waals surface area contributed by atoms with Crippen molar-refractivity contribution in [2.75, 3.05) is 13.1 Å². The second-order valence-electron chi connectivity index (χ2n) is 4.44. The van der Waals surface area contributed by atoms with E-state index in [1.54, 1.807) is 0 Å². The van der Waals surface area contributed by atoms with E-state index >= 15 is 0 Å². The van der Waals surface area contributed by atoms with Crippen LogP contribution < -0.4 is 11.1 Å². The number of carbonyl (C=O) groups excluding carboxylic acids is 1. The minimum Gasteiger partial charge on any atom is -0.352 e. The van der Waals surface area contributed by atoms with E-state index in [4.69, 9.17) is 5.73 Å². The number of amides is 1. The summed E-state index contributed by atoms with van der Waals surface area (Å²) in [6.45, 7) is 2.67. The number of hydrogen-bond donors (Lipinski definition) is 2. The predicted molar refractivity (Wildman–Crippen MR) is 66.6 cm³/mol. The van der Waals surface area contributed by atoms with Crippen molar-refractivity contribution in [2.45, 2.75) is 19.5 Å². The highest BCUT2D eigenvalue weighted by Gasteiger charge is 2.34. The standard InChI is InChI=1S/C13H17F3N2O/c1-9(6-7-17)8-18-12(19)10-4-2-3-5-11(10)13(14,15)16/h2-5,9H,6-8,17H2,1H3,(H,18,19). The number of carbonyl (C=O) groups is 1. The molecule has 1 atom stereocenters. The van der Waals surface area contributed by atoms with Crippen molar-refractivity contribution in [1.29, 1.82) is 0 Å². The van der Waals surface area contributed by atoms with E-state index in [1.165, 1.54) is 18.2 Å². The lowest BCUT2D eigenvalue weighted by Gasteiger charge is -2.14. The van der Waals surface area contributed by atoms with Gasteiger partial charge in [-0.2, -0.15) is 13.2 Å². The van der Waals surface area contributed by atoms with E-state index in [0.717, 1.165) is 6.07 Å². The van der Waals surface area contributed by atoms with Crippen LogP contribution in [0.15, 0.2) is 24.3 Å². The Morgan fingerprint density at radius 2 is 2.00 bits per heavy atom. The molecule has 1 aromatic carbocycles. The second kappa shape index (κ2) is 6.56. The summed E-state index contributed by atoms with van der Waals surface area (Å²) in [5.74, 6) is -0.580. The Morgan fingerprint density at radius 1 is 1.37 bits per heavy atom. The maximum Gasteiger partial charge on any atom is 0.417 e. The summed E-state index contributed by atoms with van der Waals surface area (Å²) < 4.78 is 38.2. The summed E-state index contributed by atoms with van der Waals surface area (Å²) in [6, 6.07) is 4.74. The Balaban J connectivity index is 2.78. The third-order valence-electron chi connectivity index (χ3n) is 2.75. The number of benzene rings is 1. The summed E-state index contributed by atoms with van der Waals surface area (Å²) in [5, 5.41) is 2.50. The lowest BCUT2D eigenvalue weighted by molar-refractivity contribution is -0.137. The molecule has 0 bridgehead atoms. The van der Waals surface area contributed by atoms with E-state index in [9.17, 15) is 18.0 Å². The van der Waals surface area contributed by atoms with E-state index < -0.39 is 17.6 Å². The average molecular weight is 274 g/mol. The molecule has 1 amide bonds. The number of halogens is 3. The van der Waals surface area contributed by atoms with Crippen molar-refractivity contribution in [2.24, 2.45) is 11.7 Å². The third kappa shape index (κ3) is 4.55. The fraction of sp³-hybridized carbons (Fsp3) is 0.462. The molecule has 19 heavy (non-hydrogen) atoms. The molecule has 106 valence electrons. The molecule has 0 fully saturated rings. The highest BCUT2D eigenvalue weighted by molar-refractivity contribution is 5.95. The Kier molecular flexibility index (Phi) is 5.35. The summed E-state index contributed by atoms with van der Waals surface area (Å²) >= 11 is 0. The zero-order chi connectivity index (χ0) is 14.5. The molecule has 0 aliphatic rings. The van der Waals surface area contributed by atoms with Gasteiger partial charge in [0.25, 0.3) is 5.91 Å². The van der Waals surface area contributed by atoms with Gasteiger partial charge >= 0.3 is 6.18 Å². The fourth-order valence-corrected chi connectivity index (χ4v) is 1.68. The molecular weight excluding hydrogens is 257 g/mol. The summed E-state index contributed by atoms with van der Waals surface area (Å²) in [7, 11) is 0. The number of hydrogen-bond acceptors (Lipinski definition) is 2. The molecule has 0 aliphatic heterocycles. The molecule has 1 rings (SSSR count). The monoisotopic (exact) mass is 274 g/mol. The zero-order valence-electron chi connectivity index (χ0n) is 10.6. The van der Waals surface area contributed by atoms with Crippen LogP contribution in [0.1, 0.15) is 29.3 Å². The van der Waals surface area contributed by atoms with Gasteiger partial charge in [-0.15, -0.1) is 0 Å². The molecule has 0 spiro atoms. The lowest BCUT2D eigenvalue weighted by Crippen LogP contribution is -2.30. The van der Waals surface area contributed by atoms with Gasteiger partial charge in [0.2, 0.25) is 0 Å². The fourth-order valence-electron chi connectivity index (χ4n) is 1.68. The largest absolute Gasteiger partial charge is 0.417 e.